The summed E-state index contributed by atoms with van der Waals surface area (Å²) in [6.45, 7) is 5.13. The maximum Gasteiger partial charge on any atom is 0.193 e. The molecular formula is C24H34FIN4O. The molecule has 3 rings (SSSR count). The summed E-state index contributed by atoms with van der Waals surface area (Å²) in [5.74, 6) is 0.600. The highest BCUT2D eigenvalue weighted by Crippen LogP contribution is 2.25. The smallest absolute Gasteiger partial charge is 0.193 e. The maximum atomic E-state index is 13.2. The zero-order chi connectivity index (χ0) is 21.4. The molecule has 0 spiro atoms. The van der Waals surface area contributed by atoms with Crippen LogP contribution in [-0.4, -0.2) is 50.3 Å². The predicted molar refractivity (Wildman–Crippen MR) is 135 cm³/mol. The molecule has 2 N–H and O–H groups in total. The van der Waals surface area contributed by atoms with E-state index in [2.05, 4.69) is 51.7 Å². The third kappa shape index (κ3) is 7.43. The number of benzene rings is 2. The lowest BCUT2D eigenvalue weighted by Gasteiger charge is -2.41. The Hall–Kier alpha value is -1.71. The van der Waals surface area contributed by atoms with E-state index in [1.807, 2.05) is 25.2 Å². The van der Waals surface area contributed by atoms with Crippen LogP contribution in [0.25, 0.3) is 0 Å². The van der Waals surface area contributed by atoms with Crippen molar-refractivity contribution >= 4 is 29.9 Å². The van der Waals surface area contributed by atoms with Crippen LogP contribution in [-0.2, 0) is 11.3 Å². The molecule has 0 radical (unpaired) electrons. The van der Waals surface area contributed by atoms with Crippen LogP contribution in [0.1, 0.15) is 36.9 Å². The van der Waals surface area contributed by atoms with E-state index >= 15 is 0 Å². The Morgan fingerprint density at radius 1 is 1.13 bits per heavy atom. The van der Waals surface area contributed by atoms with Crippen molar-refractivity contribution in [2.24, 2.45) is 4.99 Å². The molecule has 31 heavy (non-hydrogen) atoms. The molecule has 2 aromatic carbocycles. The highest BCUT2D eigenvalue weighted by molar-refractivity contribution is 14.0. The van der Waals surface area contributed by atoms with Crippen LogP contribution in [0.5, 0.6) is 0 Å². The summed E-state index contributed by atoms with van der Waals surface area (Å²) in [4.78, 5) is 6.51. The first kappa shape index (κ1) is 25.5. The molecule has 170 valence electrons. The fourth-order valence-corrected chi connectivity index (χ4v) is 3.99. The lowest BCUT2D eigenvalue weighted by Crippen LogP contribution is -2.58. The van der Waals surface area contributed by atoms with E-state index in [0.717, 1.165) is 44.1 Å². The number of hydrogen-bond acceptors (Lipinski definition) is 3. The molecule has 1 atom stereocenters. The van der Waals surface area contributed by atoms with Crippen LogP contribution in [0.2, 0.25) is 0 Å². The quantitative estimate of drug-likeness (QED) is 0.312. The van der Waals surface area contributed by atoms with Crippen molar-refractivity contribution in [2.45, 2.75) is 37.9 Å². The molecule has 1 unspecified atom stereocenters. The van der Waals surface area contributed by atoms with Crippen LogP contribution in [0.3, 0.4) is 0 Å². The summed E-state index contributed by atoms with van der Waals surface area (Å²) >= 11 is 0. The molecular weight excluding hydrogens is 506 g/mol. The first-order chi connectivity index (χ1) is 14.5. The minimum atomic E-state index is -0.219. The zero-order valence-electron chi connectivity index (χ0n) is 18.6. The Morgan fingerprint density at radius 2 is 1.77 bits per heavy atom. The SMILES string of the molecule is CN=C(NCC1(NC(C)c2ccccc2)CCOCC1)N(C)Cc1ccc(F)cc1.I. The molecule has 1 saturated heterocycles. The van der Waals surface area contributed by atoms with Gasteiger partial charge in [0.1, 0.15) is 5.82 Å². The minimum absolute atomic E-state index is 0. The molecule has 0 aliphatic carbocycles. The average molecular weight is 540 g/mol. The Balaban J connectivity index is 0.00000341. The Labute approximate surface area is 202 Å². The second-order valence-electron chi connectivity index (χ2n) is 8.05. The van der Waals surface area contributed by atoms with Gasteiger partial charge in [-0.25, -0.2) is 4.39 Å². The third-order valence-corrected chi connectivity index (χ3v) is 5.76. The van der Waals surface area contributed by atoms with E-state index < -0.39 is 0 Å². The second kappa shape index (κ2) is 12.4. The Kier molecular flexibility index (Phi) is 10.2. The van der Waals surface area contributed by atoms with E-state index in [-0.39, 0.29) is 41.4 Å². The van der Waals surface area contributed by atoms with Gasteiger partial charge in [0.15, 0.2) is 5.96 Å². The van der Waals surface area contributed by atoms with Gasteiger partial charge in [-0.05, 0) is 43.0 Å². The summed E-state index contributed by atoms with van der Waals surface area (Å²) in [7, 11) is 3.79. The highest BCUT2D eigenvalue weighted by Gasteiger charge is 2.34. The molecule has 0 bridgehead atoms. The molecule has 5 nitrogen and oxygen atoms in total. The summed E-state index contributed by atoms with van der Waals surface area (Å²) in [6, 6.07) is 17.4. The topological polar surface area (TPSA) is 48.9 Å². The minimum Gasteiger partial charge on any atom is -0.381 e. The molecule has 1 aliphatic heterocycles. The lowest BCUT2D eigenvalue weighted by atomic mass is 9.88. The fourth-order valence-electron chi connectivity index (χ4n) is 3.99. The van der Waals surface area contributed by atoms with Gasteiger partial charge in [-0.15, -0.1) is 24.0 Å². The first-order valence-electron chi connectivity index (χ1n) is 10.6. The first-order valence-corrected chi connectivity index (χ1v) is 10.6. The van der Waals surface area contributed by atoms with Crippen molar-refractivity contribution in [3.05, 3.63) is 71.5 Å². The number of nitrogens with zero attached hydrogens (tertiary/aromatic N) is 2. The van der Waals surface area contributed by atoms with E-state index in [1.165, 1.54) is 17.7 Å². The van der Waals surface area contributed by atoms with Gasteiger partial charge < -0.3 is 20.3 Å². The van der Waals surface area contributed by atoms with Crippen molar-refractivity contribution in [3.8, 4) is 0 Å². The molecule has 1 heterocycles. The third-order valence-electron chi connectivity index (χ3n) is 5.76. The van der Waals surface area contributed by atoms with Gasteiger partial charge in [0.2, 0.25) is 0 Å². The number of rotatable bonds is 7. The van der Waals surface area contributed by atoms with Crippen LogP contribution in [0, 0.1) is 5.82 Å². The van der Waals surface area contributed by atoms with E-state index in [1.54, 1.807) is 7.05 Å². The number of halogens is 2. The maximum absolute atomic E-state index is 13.2. The second-order valence-corrected chi connectivity index (χ2v) is 8.05. The monoisotopic (exact) mass is 540 g/mol. The van der Waals surface area contributed by atoms with Crippen molar-refractivity contribution in [2.75, 3.05) is 33.9 Å². The molecule has 2 aromatic rings. The van der Waals surface area contributed by atoms with Crippen molar-refractivity contribution < 1.29 is 9.13 Å². The number of ether oxygens (including phenoxy) is 1. The number of nitrogens with one attached hydrogen (secondary N) is 2. The summed E-state index contributed by atoms with van der Waals surface area (Å²) in [5.41, 5.74) is 2.25. The van der Waals surface area contributed by atoms with Crippen LogP contribution in [0.15, 0.2) is 59.6 Å². The predicted octanol–water partition coefficient (Wildman–Crippen LogP) is 4.35. The summed E-state index contributed by atoms with van der Waals surface area (Å²) in [6.07, 6.45) is 1.88. The van der Waals surface area contributed by atoms with Gasteiger partial charge in [-0.3, -0.25) is 4.99 Å². The van der Waals surface area contributed by atoms with Gasteiger partial charge in [0, 0.05) is 52.0 Å². The zero-order valence-corrected chi connectivity index (χ0v) is 20.9. The van der Waals surface area contributed by atoms with Crippen molar-refractivity contribution in [3.63, 3.8) is 0 Å². The number of aliphatic imine (C=N–C) groups is 1. The Morgan fingerprint density at radius 3 is 2.39 bits per heavy atom. The molecule has 0 amide bonds. The fraction of sp³-hybridized carbons (Fsp3) is 0.458. The molecule has 1 fully saturated rings. The Bertz CT molecular complexity index is 810. The highest BCUT2D eigenvalue weighted by atomic mass is 127. The van der Waals surface area contributed by atoms with E-state index in [0.29, 0.717) is 6.54 Å². The molecule has 7 heteroatoms. The van der Waals surface area contributed by atoms with Crippen LogP contribution >= 0.6 is 24.0 Å². The van der Waals surface area contributed by atoms with Gasteiger partial charge in [-0.2, -0.15) is 0 Å². The lowest BCUT2D eigenvalue weighted by molar-refractivity contribution is 0.0353. The van der Waals surface area contributed by atoms with E-state index in [9.17, 15) is 4.39 Å². The van der Waals surface area contributed by atoms with Crippen molar-refractivity contribution in [1.29, 1.82) is 0 Å². The van der Waals surface area contributed by atoms with Gasteiger partial charge in [0.05, 0.1) is 0 Å². The summed E-state index contributed by atoms with van der Waals surface area (Å²) < 4.78 is 18.8. The van der Waals surface area contributed by atoms with E-state index in [4.69, 9.17) is 4.74 Å². The van der Waals surface area contributed by atoms with Crippen LogP contribution < -0.4 is 10.6 Å². The van der Waals surface area contributed by atoms with Gasteiger partial charge in [-0.1, -0.05) is 42.5 Å². The number of guanidine groups is 1. The largest absolute Gasteiger partial charge is 0.381 e. The normalized spacial score (nSPS) is 16.8. The molecule has 0 saturated carbocycles. The van der Waals surface area contributed by atoms with Gasteiger partial charge in [0.25, 0.3) is 0 Å². The average Bonchev–Trinajstić information content (AvgIpc) is 2.77. The standard InChI is InChI=1S/C24H33FN4O.HI/c1-19(21-7-5-4-6-8-21)28-24(13-15-30-16-14-24)18-27-23(26-2)29(3)17-20-9-11-22(25)12-10-20;/h4-12,19,28H,13-18H2,1-3H3,(H,26,27);1H. The van der Waals surface area contributed by atoms with Crippen LogP contribution in [0.4, 0.5) is 4.39 Å². The van der Waals surface area contributed by atoms with Gasteiger partial charge >= 0.3 is 0 Å². The molecule has 1 aliphatic rings. The molecule has 0 aromatic heterocycles. The number of hydrogen-bond donors (Lipinski definition) is 2. The summed E-state index contributed by atoms with van der Waals surface area (Å²) in [5, 5.41) is 7.42. The van der Waals surface area contributed by atoms with Crippen molar-refractivity contribution in [1.82, 2.24) is 15.5 Å².